The molecule has 0 fully saturated rings. The van der Waals surface area contributed by atoms with E-state index in [0.29, 0.717) is 5.82 Å². The van der Waals surface area contributed by atoms with Crippen molar-refractivity contribution in [1.82, 2.24) is 9.36 Å². The van der Waals surface area contributed by atoms with Crippen LogP contribution in [-0.2, 0) is 9.53 Å². The Hall–Kier alpha value is -2.00. The number of rotatable bonds is 5. The van der Waals surface area contributed by atoms with Gasteiger partial charge in [-0.25, -0.2) is 0 Å². The first-order valence-corrected chi connectivity index (χ1v) is 6.55. The summed E-state index contributed by atoms with van der Waals surface area (Å²) in [6, 6.07) is 9.09. The van der Waals surface area contributed by atoms with Crippen LogP contribution in [-0.4, -0.2) is 34.7 Å². The Kier molecular flexibility index (Phi) is 4.86. The van der Waals surface area contributed by atoms with E-state index in [4.69, 9.17) is 0 Å². The second-order valence-corrected chi connectivity index (χ2v) is 4.70. The molecule has 9 heteroatoms. The predicted octanol–water partition coefficient (Wildman–Crippen LogP) is 2.72. The Morgan fingerprint density at radius 1 is 1.29 bits per heavy atom. The van der Waals surface area contributed by atoms with Crippen LogP contribution >= 0.6 is 11.5 Å². The fourth-order valence-electron chi connectivity index (χ4n) is 1.39. The molecule has 1 heterocycles. The van der Waals surface area contributed by atoms with Gasteiger partial charge in [0.2, 0.25) is 5.13 Å². The van der Waals surface area contributed by atoms with Gasteiger partial charge in [0, 0.05) is 17.1 Å². The summed E-state index contributed by atoms with van der Waals surface area (Å²) in [5, 5.41) is 2.54. The number of nitrogens with zero attached hydrogens (tertiary/aromatic N) is 2. The number of hydrogen-bond acceptors (Lipinski definition) is 5. The van der Waals surface area contributed by atoms with Crippen molar-refractivity contribution < 1.29 is 22.7 Å². The molecule has 1 amide bonds. The van der Waals surface area contributed by atoms with E-state index in [2.05, 4.69) is 19.4 Å². The highest BCUT2D eigenvalue weighted by molar-refractivity contribution is 7.10. The summed E-state index contributed by atoms with van der Waals surface area (Å²) in [4.78, 5) is 15.5. The molecule has 112 valence electrons. The van der Waals surface area contributed by atoms with Crippen molar-refractivity contribution in [3.8, 4) is 11.4 Å². The van der Waals surface area contributed by atoms with Crippen LogP contribution < -0.4 is 5.32 Å². The number of nitrogens with one attached hydrogen (secondary N) is 1. The second-order valence-electron chi connectivity index (χ2n) is 3.95. The molecule has 0 aliphatic rings. The van der Waals surface area contributed by atoms with Crippen molar-refractivity contribution in [2.75, 3.05) is 18.5 Å². The van der Waals surface area contributed by atoms with Crippen molar-refractivity contribution >= 4 is 22.6 Å². The van der Waals surface area contributed by atoms with Gasteiger partial charge in [0.1, 0.15) is 13.2 Å². The number of amides is 1. The van der Waals surface area contributed by atoms with Crippen LogP contribution in [0.3, 0.4) is 0 Å². The molecule has 0 bridgehead atoms. The van der Waals surface area contributed by atoms with Gasteiger partial charge in [0.05, 0.1) is 0 Å². The molecule has 0 unspecified atom stereocenters. The Labute approximate surface area is 121 Å². The van der Waals surface area contributed by atoms with Gasteiger partial charge in [-0.2, -0.15) is 22.5 Å². The Balaban J connectivity index is 1.87. The summed E-state index contributed by atoms with van der Waals surface area (Å²) in [5.41, 5.74) is 0.780. The third kappa shape index (κ3) is 5.12. The minimum atomic E-state index is -4.45. The molecule has 0 radical (unpaired) electrons. The molecular formula is C12H10F3N3O2S. The lowest BCUT2D eigenvalue weighted by atomic mass is 10.2. The zero-order chi connectivity index (χ0) is 15.3. The topological polar surface area (TPSA) is 64.1 Å². The molecule has 21 heavy (non-hydrogen) atoms. The van der Waals surface area contributed by atoms with Gasteiger partial charge in [0.15, 0.2) is 5.82 Å². The lowest BCUT2D eigenvalue weighted by molar-refractivity contribution is -0.174. The molecule has 0 spiro atoms. The van der Waals surface area contributed by atoms with Gasteiger partial charge in [-0.3, -0.25) is 10.1 Å². The number of benzene rings is 1. The van der Waals surface area contributed by atoms with Crippen LogP contribution in [0.2, 0.25) is 0 Å². The second kappa shape index (κ2) is 6.64. The van der Waals surface area contributed by atoms with Crippen molar-refractivity contribution in [2.24, 2.45) is 0 Å². The highest BCUT2D eigenvalue weighted by atomic mass is 32.1. The van der Waals surface area contributed by atoms with Crippen LogP contribution in [0, 0.1) is 0 Å². The molecule has 1 aromatic heterocycles. The molecule has 0 aliphatic heterocycles. The molecule has 2 rings (SSSR count). The van der Waals surface area contributed by atoms with E-state index in [1.807, 2.05) is 18.2 Å². The number of carbonyl (C=O) groups is 1. The first-order valence-electron chi connectivity index (χ1n) is 5.77. The predicted molar refractivity (Wildman–Crippen MR) is 70.8 cm³/mol. The first kappa shape index (κ1) is 15.4. The average molecular weight is 317 g/mol. The average Bonchev–Trinajstić information content (AvgIpc) is 2.86. The van der Waals surface area contributed by atoms with Gasteiger partial charge in [-0.05, 0) is 0 Å². The summed E-state index contributed by atoms with van der Waals surface area (Å²) in [7, 11) is 0. The number of anilines is 1. The van der Waals surface area contributed by atoms with Crippen LogP contribution in [0.15, 0.2) is 30.3 Å². The highest BCUT2D eigenvalue weighted by Gasteiger charge is 2.27. The molecule has 5 nitrogen and oxygen atoms in total. The van der Waals surface area contributed by atoms with E-state index in [1.165, 1.54) is 0 Å². The molecule has 0 atom stereocenters. The SMILES string of the molecule is O=C(COCC(F)(F)F)Nc1nc(-c2ccccc2)ns1. The lowest BCUT2D eigenvalue weighted by Crippen LogP contribution is -2.23. The zero-order valence-electron chi connectivity index (χ0n) is 10.6. The number of alkyl halides is 3. The van der Waals surface area contributed by atoms with Crippen LogP contribution in [0.4, 0.5) is 18.3 Å². The van der Waals surface area contributed by atoms with Crippen LogP contribution in [0.1, 0.15) is 0 Å². The van der Waals surface area contributed by atoms with Gasteiger partial charge in [-0.15, -0.1) is 0 Å². The maximum Gasteiger partial charge on any atom is 0.411 e. The number of ether oxygens (including phenoxy) is 1. The Morgan fingerprint density at radius 2 is 2.00 bits per heavy atom. The van der Waals surface area contributed by atoms with Crippen molar-refractivity contribution in [3.63, 3.8) is 0 Å². The number of carbonyl (C=O) groups excluding carboxylic acids is 1. The van der Waals surface area contributed by atoms with E-state index >= 15 is 0 Å². The zero-order valence-corrected chi connectivity index (χ0v) is 11.4. The third-order valence-corrected chi connectivity index (χ3v) is 2.83. The van der Waals surface area contributed by atoms with Crippen LogP contribution in [0.25, 0.3) is 11.4 Å². The standard InChI is InChI=1S/C12H10F3N3O2S/c13-12(14,15)7-20-6-9(19)16-11-17-10(18-21-11)8-4-2-1-3-5-8/h1-5H,6-7H2,(H,16,17,18,19). The lowest BCUT2D eigenvalue weighted by Gasteiger charge is -2.06. The fourth-order valence-corrected chi connectivity index (χ4v) is 2.00. The minimum absolute atomic E-state index is 0.203. The van der Waals surface area contributed by atoms with Crippen molar-refractivity contribution in [1.29, 1.82) is 0 Å². The Bertz CT molecular complexity index is 601. The Morgan fingerprint density at radius 3 is 2.67 bits per heavy atom. The summed E-state index contributed by atoms with van der Waals surface area (Å²) in [6.45, 7) is -2.16. The summed E-state index contributed by atoms with van der Waals surface area (Å²) in [5.74, 6) is -0.276. The van der Waals surface area contributed by atoms with Crippen molar-refractivity contribution in [3.05, 3.63) is 30.3 Å². The largest absolute Gasteiger partial charge is 0.411 e. The van der Waals surface area contributed by atoms with Crippen molar-refractivity contribution in [2.45, 2.75) is 6.18 Å². The highest BCUT2D eigenvalue weighted by Crippen LogP contribution is 2.20. The smallest absolute Gasteiger partial charge is 0.362 e. The summed E-state index contributed by atoms with van der Waals surface area (Å²) >= 11 is 0.941. The quantitative estimate of drug-likeness (QED) is 0.921. The molecule has 0 saturated heterocycles. The van der Waals surface area contributed by atoms with Gasteiger partial charge >= 0.3 is 6.18 Å². The molecular weight excluding hydrogens is 307 g/mol. The monoisotopic (exact) mass is 317 g/mol. The molecule has 1 aromatic carbocycles. The number of aromatic nitrogens is 2. The van der Waals surface area contributed by atoms with Gasteiger partial charge < -0.3 is 4.74 Å². The van der Waals surface area contributed by atoms with E-state index in [-0.39, 0.29) is 5.13 Å². The van der Waals surface area contributed by atoms with E-state index in [9.17, 15) is 18.0 Å². The molecule has 2 aromatic rings. The summed E-state index contributed by atoms with van der Waals surface area (Å²) < 4.78 is 43.8. The van der Waals surface area contributed by atoms with Gasteiger partial charge in [0.25, 0.3) is 5.91 Å². The number of halogens is 3. The van der Waals surface area contributed by atoms with E-state index < -0.39 is 25.3 Å². The molecule has 0 saturated carbocycles. The normalized spacial score (nSPS) is 11.4. The maximum atomic E-state index is 11.8. The maximum absolute atomic E-state index is 11.8. The van der Waals surface area contributed by atoms with E-state index in [1.54, 1.807) is 12.1 Å². The van der Waals surface area contributed by atoms with Crippen LogP contribution in [0.5, 0.6) is 0 Å². The molecule has 0 aliphatic carbocycles. The van der Waals surface area contributed by atoms with E-state index in [0.717, 1.165) is 17.1 Å². The fraction of sp³-hybridized carbons (Fsp3) is 0.250. The summed E-state index contributed by atoms with van der Waals surface area (Å²) in [6.07, 6.45) is -4.45. The van der Waals surface area contributed by atoms with Gasteiger partial charge in [-0.1, -0.05) is 30.3 Å². The number of hydrogen-bond donors (Lipinski definition) is 1. The third-order valence-electron chi connectivity index (χ3n) is 2.20. The molecule has 1 N–H and O–H groups in total. The first-order chi connectivity index (χ1) is 9.94. The minimum Gasteiger partial charge on any atom is -0.362 e.